The summed E-state index contributed by atoms with van der Waals surface area (Å²) < 4.78 is 31.2. The van der Waals surface area contributed by atoms with Crippen LogP contribution in [0.5, 0.6) is 0 Å². The van der Waals surface area contributed by atoms with Crippen molar-refractivity contribution < 1.29 is 17.6 Å². The van der Waals surface area contributed by atoms with Crippen molar-refractivity contribution in [3.05, 3.63) is 18.2 Å². The summed E-state index contributed by atoms with van der Waals surface area (Å²) in [4.78, 5) is 18.7. The topological polar surface area (TPSA) is 83.7 Å². The summed E-state index contributed by atoms with van der Waals surface area (Å²) in [5.74, 6) is 0.0839. The first kappa shape index (κ1) is 18.2. The van der Waals surface area contributed by atoms with E-state index in [9.17, 15) is 13.2 Å². The second-order valence-corrected chi connectivity index (χ2v) is 9.63. The Balaban J connectivity index is 1.80. The van der Waals surface area contributed by atoms with Gasteiger partial charge in [0.25, 0.3) is 5.22 Å². The summed E-state index contributed by atoms with van der Waals surface area (Å²) in [7, 11) is -0.560. The molecule has 1 amide bonds. The second kappa shape index (κ2) is 6.97. The maximum absolute atomic E-state index is 12.4. The van der Waals surface area contributed by atoms with E-state index >= 15 is 0 Å². The highest BCUT2D eigenvalue weighted by atomic mass is 32.2. The van der Waals surface area contributed by atoms with Crippen molar-refractivity contribution >= 4 is 38.8 Å². The van der Waals surface area contributed by atoms with Gasteiger partial charge in [0, 0.05) is 27.2 Å². The number of oxazole rings is 1. The van der Waals surface area contributed by atoms with E-state index < -0.39 is 10.0 Å². The van der Waals surface area contributed by atoms with Crippen molar-refractivity contribution in [2.24, 2.45) is 0 Å². The molecule has 0 unspecified atom stereocenters. The molecule has 7 nitrogen and oxygen atoms in total. The zero-order chi connectivity index (χ0) is 18.2. The number of fused-ring (bicyclic) bond motifs is 1. The fraction of sp³-hybridized carbons (Fsp3) is 0.500. The molecule has 1 aromatic heterocycles. The van der Waals surface area contributed by atoms with Crippen molar-refractivity contribution in [1.29, 1.82) is 0 Å². The number of thioether (sulfide) groups is 1. The first-order valence-corrected chi connectivity index (χ1v) is 10.4. The van der Waals surface area contributed by atoms with E-state index in [1.165, 1.54) is 38.0 Å². The molecule has 9 heteroatoms. The smallest absolute Gasteiger partial charge is 0.257 e. The largest absolute Gasteiger partial charge is 0.431 e. The number of likely N-dealkylation sites (tertiary alicyclic amines) is 1. The Hall–Kier alpha value is -1.58. The maximum atomic E-state index is 12.4. The predicted octanol–water partition coefficient (Wildman–Crippen LogP) is 2.18. The van der Waals surface area contributed by atoms with Crippen LogP contribution < -0.4 is 0 Å². The number of benzene rings is 1. The third-order valence-electron chi connectivity index (χ3n) is 4.16. The molecule has 1 aliphatic rings. The monoisotopic (exact) mass is 383 g/mol. The SMILES string of the molecule is C[C@H](Sc1nc2cc(S(=O)(=O)N(C)C)ccc2o1)C(=O)N1CCCC1. The van der Waals surface area contributed by atoms with Gasteiger partial charge in [0.05, 0.1) is 10.1 Å². The minimum absolute atomic E-state index is 0.0839. The van der Waals surface area contributed by atoms with Crippen molar-refractivity contribution in [3.63, 3.8) is 0 Å². The van der Waals surface area contributed by atoms with Crippen molar-refractivity contribution in [3.8, 4) is 0 Å². The summed E-state index contributed by atoms with van der Waals surface area (Å²) in [5.41, 5.74) is 0.965. The third kappa shape index (κ3) is 3.68. The van der Waals surface area contributed by atoms with Gasteiger partial charge in [-0.15, -0.1) is 0 Å². The molecule has 25 heavy (non-hydrogen) atoms. The van der Waals surface area contributed by atoms with E-state index in [1.807, 2.05) is 11.8 Å². The number of carbonyl (C=O) groups is 1. The molecule has 3 rings (SSSR count). The zero-order valence-corrected chi connectivity index (χ0v) is 16.1. The summed E-state index contributed by atoms with van der Waals surface area (Å²) in [6.45, 7) is 3.45. The van der Waals surface area contributed by atoms with Crippen molar-refractivity contribution in [2.75, 3.05) is 27.2 Å². The van der Waals surface area contributed by atoms with Crippen LogP contribution in [0.1, 0.15) is 19.8 Å². The first-order valence-electron chi connectivity index (χ1n) is 8.07. The van der Waals surface area contributed by atoms with Crippen LogP contribution in [0.2, 0.25) is 0 Å². The van der Waals surface area contributed by atoms with Crippen LogP contribution in [-0.4, -0.2) is 60.9 Å². The molecule has 1 aliphatic heterocycles. The van der Waals surface area contributed by atoms with E-state index in [-0.39, 0.29) is 16.1 Å². The van der Waals surface area contributed by atoms with Crippen LogP contribution in [0.3, 0.4) is 0 Å². The number of aromatic nitrogens is 1. The highest BCUT2D eigenvalue weighted by Gasteiger charge is 2.26. The Labute approximate surface area is 151 Å². The quantitative estimate of drug-likeness (QED) is 0.736. The van der Waals surface area contributed by atoms with Crippen LogP contribution in [0.4, 0.5) is 0 Å². The lowest BCUT2D eigenvalue weighted by molar-refractivity contribution is -0.129. The Kier molecular flexibility index (Phi) is 5.08. The number of nitrogens with zero attached hydrogens (tertiary/aromatic N) is 3. The average molecular weight is 383 g/mol. The van der Waals surface area contributed by atoms with Crippen molar-refractivity contribution in [1.82, 2.24) is 14.2 Å². The maximum Gasteiger partial charge on any atom is 0.257 e. The number of carbonyl (C=O) groups excluding carboxylic acids is 1. The molecule has 2 aromatic rings. The van der Waals surface area contributed by atoms with Gasteiger partial charge in [-0.2, -0.15) is 0 Å². The van der Waals surface area contributed by atoms with Gasteiger partial charge in [-0.05, 0) is 38.0 Å². The third-order valence-corrected chi connectivity index (χ3v) is 6.90. The van der Waals surface area contributed by atoms with Gasteiger partial charge < -0.3 is 9.32 Å². The summed E-state index contributed by atoms with van der Waals surface area (Å²) in [6.07, 6.45) is 2.10. The Bertz CT molecular complexity index is 886. The lowest BCUT2D eigenvalue weighted by Crippen LogP contribution is -2.34. The molecule has 1 atom stereocenters. The van der Waals surface area contributed by atoms with Crippen LogP contribution in [0.15, 0.2) is 32.7 Å². The van der Waals surface area contributed by atoms with E-state index in [0.29, 0.717) is 16.3 Å². The standard InChI is InChI=1S/C16H21N3O4S2/c1-11(15(20)19-8-4-5-9-19)24-16-17-13-10-12(6-7-14(13)23-16)25(21,22)18(2)3/h6-7,10-11H,4-5,8-9H2,1-3H3/t11-/m0/s1. The average Bonchev–Trinajstić information content (AvgIpc) is 3.22. The Morgan fingerprint density at radius 1 is 1.32 bits per heavy atom. The van der Waals surface area contributed by atoms with Gasteiger partial charge in [-0.3, -0.25) is 4.79 Å². The first-order chi connectivity index (χ1) is 11.8. The fourth-order valence-electron chi connectivity index (χ4n) is 2.70. The summed E-state index contributed by atoms with van der Waals surface area (Å²) in [5, 5.41) is 0.0746. The number of amides is 1. The van der Waals surface area contributed by atoms with Gasteiger partial charge in [-0.1, -0.05) is 11.8 Å². The zero-order valence-electron chi connectivity index (χ0n) is 14.4. The molecule has 0 radical (unpaired) electrons. The number of hydrogen-bond acceptors (Lipinski definition) is 6. The predicted molar refractivity (Wildman–Crippen MR) is 96.0 cm³/mol. The molecule has 1 aromatic carbocycles. The van der Waals surface area contributed by atoms with Gasteiger partial charge in [-0.25, -0.2) is 17.7 Å². The van der Waals surface area contributed by atoms with Crippen molar-refractivity contribution in [2.45, 2.75) is 35.1 Å². The minimum atomic E-state index is -3.52. The van der Waals surface area contributed by atoms with Gasteiger partial charge in [0.1, 0.15) is 5.52 Å². The van der Waals surface area contributed by atoms with E-state index in [0.717, 1.165) is 30.2 Å². The van der Waals surface area contributed by atoms with Crippen LogP contribution in [-0.2, 0) is 14.8 Å². The highest BCUT2D eigenvalue weighted by molar-refractivity contribution is 8.00. The molecule has 0 saturated carbocycles. The van der Waals surface area contributed by atoms with Gasteiger partial charge in [0.15, 0.2) is 5.58 Å². The molecule has 0 N–H and O–H groups in total. The van der Waals surface area contributed by atoms with Crippen LogP contribution >= 0.6 is 11.8 Å². The fourth-order valence-corrected chi connectivity index (χ4v) is 4.47. The lowest BCUT2D eigenvalue weighted by atomic mass is 10.3. The number of sulfonamides is 1. The van der Waals surface area contributed by atoms with Gasteiger partial charge >= 0.3 is 0 Å². The lowest BCUT2D eigenvalue weighted by Gasteiger charge is -2.18. The molecule has 2 heterocycles. The highest BCUT2D eigenvalue weighted by Crippen LogP contribution is 2.29. The minimum Gasteiger partial charge on any atom is -0.431 e. The molecule has 0 aliphatic carbocycles. The molecule has 136 valence electrons. The number of rotatable bonds is 5. The second-order valence-electron chi connectivity index (χ2n) is 6.19. The molecular weight excluding hydrogens is 362 g/mol. The van der Waals surface area contributed by atoms with E-state index in [4.69, 9.17) is 4.42 Å². The number of hydrogen-bond donors (Lipinski definition) is 0. The Morgan fingerprint density at radius 2 is 2.00 bits per heavy atom. The molecule has 1 fully saturated rings. The van der Waals surface area contributed by atoms with E-state index in [2.05, 4.69) is 4.98 Å². The summed E-state index contributed by atoms with van der Waals surface area (Å²) >= 11 is 1.26. The van der Waals surface area contributed by atoms with Gasteiger partial charge in [0.2, 0.25) is 15.9 Å². The Morgan fingerprint density at radius 3 is 2.64 bits per heavy atom. The molecular formula is C16H21N3O4S2. The summed E-state index contributed by atoms with van der Waals surface area (Å²) in [6, 6.07) is 4.58. The van der Waals surface area contributed by atoms with E-state index in [1.54, 1.807) is 6.07 Å². The van der Waals surface area contributed by atoms with Crippen LogP contribution in [0, 0.1) is 0 Å². The normalized spacial score (nSPS) is 16.7. The molecule has 1 saturated heterocycles. The molecule has 0 bridgehead atoms. The van der Waals surface area contributed by atoms with Crippen LogP contribution in [0.25, 0.3) is 11.1 Å². The molecule has 0 spiro atoms.